The Kier molecular flexibility index (Phi) is 4.71. The molecule has 3 rings (SSSR count). The van der Waals surface area contributed by atoms with Gasteiger partial charge in [-0.2, -0.15) is 0 Å². The number of amides is 1. The van der Waals surface area contributed by atoms with Crippen LogP contribution in [0.1, 0.15) is 28.1 Å². The first-order valence-electron chi connectivity index (χ1n) is 7.71. The fourth-order valence-electron chi connectivity index (χ4n) is 2.98. The molecule has 0 radical (unpaired) electrons. The summed E-state index contributed by atoms with van der Waals surface area (Å²) in [6, 6.07) is 13.4. The van der Waals surface area contributed by atoms with Crippen molar-refractivity contribution < 1.29 is 9.72 Å². The summed E-state index contributed by atoms with van der Waals surface area (Å²) in [6.07, 6.45) is 3.01. The molecule has 0 aliphatic carbocycles. The first kappa shape index (κ1) is 15.7. The summed E-state index contributed by atoms with van der Waals surface area (Å²) in [5, 5.41) is 10.7. The number of hydrogen-bond donors (Lipinski definition) is 0. The summed E-state index contributed by atoms with van der Waals surface area (Å²) in [7, 11) is 0. The van der Waals surface area contributed by atoms with Crippen molar-refractivity contribution in [3.05, 3.63) is 63.0 Å². The molecule has 23 heavy (non-hydrogen) atoms. The summed E-state index contributed by atoms with van der Waals surface area (Å²) in [6.45, 7) is 1.45. The maximum absolute atomic E-state index is 12.4. The Bertz CT molecular complexity index is 691. The van der Waals surface area contributed by atoms with E-state index < -0.39 is 4.92 Å². The highest BCUT2D eigenvalue weighted by Gasteiger charge is 2.25. The fraction of sp³-hybridized carbons (Fsp3) is 0.353. The van der Waals surface area contributed by atoms with Gasteiger partial charge >= 0.3 is 5.00 Å². The van der Waals surface area contributed by atoms with Crippen molar-refractivity contribution in [2.24, 2.45) is 5.92 Å². The van der Waals surface area contributed by atoms with Gasteiger partial charge in [0, 0.05) is 19.2 Å². The molecule has 2 heterocycles. The molecule has 1 aromatic carbocycles. The van der Waals surface area contributed by atoms with Crippen molar-refractivity contribution in [1.29, 1.82) is 0 Å². The number of likely N-dealkylation sites (tertiary alicyclic amines) is 1. The monoisotopic (exact) mass is 330 g/mol. The minimum Gasteiger partial charge on any atom is -0.338 e. The largest absolute Gasteiger partial charge is 0.338 e. The van der Waals surface area contributed by atoms with Crippen LogP contribution in [0.25, 0.3) is 0 Å². The Labute approximate surface area is 138 Å². The third kappa shape index (κ3) is 3.76. The Balaban J connectivity index is 1.55. The van der Waals surface area contributed by atoms with Crippen molar-refractivity contribution in [2.45, 2.75) is 19.3 Å². The second-order valence-electron chi connectivity index (χ2n) is 5.82. The highest BCUT2D eigenvalue weighted by Crippen LogP contribution is 2.27. The molecule has 0 bridgehead atoms. The minimum atomic E-state index is -0.451. The van der Waals surface area contributed by atoms with E-state index in [1.54, 1.807) is 6.07 Å². The second kappa shape index (κ2) is 6.91. The lowest BCUT2D eigenvalue weighted by molar-refractivity contribution is -0.380. The molecule has 120 valence electrons. The van der Waals surface area contributed by atoms with E-state index >= 15 is 0 Å². The van der Waals surface area contributed by atoms with Crippen LogP contribution >= 0.6 is 11.3 Å². The summed E-state index contributed by atoms with van der Waals surface area (Å²) < 4.78 is 0. The number of hydrogen-bond acceptors (Lipinski definition) is 4. The van der Waals surface area contributed by atoms with Crippen LogP contribution in [0.4, 0.5) is 5.00 Å². The van der Waals surface area contributed by atoms with E-state index in [1.807, 2.05) is 11.0 Å². The lowest BCUT2D eigenvalue weighted by atomic mass is 9.90. The molecule has 1 saturated heterocycles. The van der Waals surface area contributed by atoms with Gasteiger partial charge in [-0.05, 0) is 36.8 Å². The Morgan fingerprint density at radius 3 is 2.48 bits per heavy atom. The topological polar surface area (TPSA) is 63.4 Å². The van der Waals surface area contributed by atoms with Gasteiger partial charge in [0.1, 0.15) is 0 Å². The molecule has 1 fully saturated rings. The van der Waals surface area contributed by atoms with Gasteiger partial charge in [0.05, 0.1) is 9.80 Å². The maximum Gasteiger partial charge on any atom is 0.324 e. The van der Waals surface area contributed by atoms with Gasteiger partial charge in [-0.3, -0.25) is 14.9 Å². The molecule has 2 aromatic rings. The lowest BCUT2D eigenvalue weighted by Gasteiger charge is -2.31. The zero-order chi connectivity index (χ0) is 16.2. The third-order valence-electron chi connectivity index (χ3n) is 4.25. The zero-order valence-corrected chi connectivity index (χ0v) is 13.5. The van der Waals surface area contributed by atoms with Crippen LogP contribution in [-0.2, 0) is 6.42 Å². The van der Waals surface area contributed by atoms with E-state index in [4.69, 9.17) is 0 Å². The molecule has 1 aliphatic rings. The van der Waals surface area contributed by atoms with E-state index in [0.717, 1.165) is 43.7 Å². The maximum atomic E-state index is 12.4. The Morgan fingerprint density at radius 2 is 1.87 bits per heavy atom. The van der Waals surface area contributed by atoms with Gasteiger partial charge in [-0.1, -0.05) is 41.7 Å². The molecule has 0 unspecified atom stereocenters. The first-order valence-corrected chi connectivity index (χ1v) is 8.52. The van der Waals surface area contributed by atoms with E-state index in [-0.39, 0.29) is 10.9 Å². The van der Waals surface area contributed by atoms with Crippen molar-refractivity contribution in [2.75, 3.05) is 13.1 Å². The fourth-order valence-corrected chi connectivity index (χ4v) is 3.77. The number of nitro groups is 1. The van der Waals surface area contributed by atoms with Crippen LogP contribution in [0.3, 0.4) is 0 Å². The summed E-state index contributed by atoms with van der Waals surface area (Å²) in [5.74, 6) is 0.514. The predicted octanol–water partition coefficient (Wildman–Crippen LogP) is 3.75. The van der Waals surface area contributed by atoms with Crippen LogP contribution in [0.5, 0.6) is 0 Å². The van der Waals surface area contributed by atoms with E-state index in [9.17, 15) is 14.9 Å². The standard InChI is InChI=1S/C17H18N2O3S/c20-17(15-6-7-16(23-15)19(21)22)18-10-8-14(9-11-18)12-13-4-2-1-3-5-13/h1-7,14H,8-12H2. The highest BCUT2D eigenvalue weighted by molar-refractivity contribution is 7.17. The quantitative estimate of drug-likeness (QED) is 0.633. The van der Waals surface area contributed by atoms with E-state index in [1.165, 1.54) is 11.6 Å². The smallest absolute Gasteiger partial charge is 0.324 e. The molecule has 1 aromatic heterocycles. The SMILES string of the molecule is O=C(c1ccc([N+](=O)[O-])s1)N1CCC(Cc2ccccc2)CC1. The molecule has 1 amide bonds. The van der Waals surface area contributed by atoms with E-state index in [0.29, 0.717) is 10.8 Å². The van der Waals surface area contributed by atoms with Gasteiger partial charge in [-0.25, -0.2) is 0 Å². The number of benzene rings is 1. The number of carbonyl (C=O) groups is 1. The molecule has 0 atom stereocenters. The van der Waals surface area contributed by atoms with Crippen molar-refractivity contribution in [1.82, 2.24) is 4.90 Å². The minimum absolute atomic E-state index is 0.0207. The molecular formula is C17H18N2O3S. The molecule has 0 spiro atoms. The Hall–Kier alpha value is -2.21. The van der Waals surface area contributed by atoms with Crippen molar-refractivity contribution >= 4 is 22.2 Å². The van der Waals surface area contributed by atoms with Gasteiger partial charge in [0.15, 0.2) is 0 Å². The second-order valence-corrected chi connectivity index (χ2v) is 6.88. The van der Waals surface area contributed by atoms with Gasteiger partial charge in [0.25, 0.3) is 5.91 Å². The van der Waals surface area contributed by atoms with Gasteiger partial charge < -0.3 is 4.90 Å². The number of rotatable bonds is 4. The van der Waals surface area contributed by atoms with Crippen LogP contribution in [0.2, 0.25) is 0 Å². The molecule has 1 aliphatic heterocycles. The normalized spacial score (nSPS) is 15.6. The molecular weight excluding hydrogens is 312 g/mol. The Morgan fingerprint density at radius 1 is 1.17 bits per heavy atom. The van der Waals surface area contributed by atoms with Crippen LogP contribution in [0.15, 0.2) is 42.5 Å². The average Bonchev–Trinajstić information content (AvgIpc) is 3.06. The zero-order valence-electron chi connectivity index (χ0n) is 12.7. The molecule has 0 N–H and O–H groups in total. The van der Waals surface area contributed by atoms with Crippen LogP contribution in [-0.4, -0.2) is 28.8 Å². The van der Waals surface area contributed by atoms with E-state index in [2.05, 4.69) is 24.3 Å². The number of piperidine rings is 1. The summed E-state index contributed by atoms with van der Waals surface area (Å²) in [4.78, 5) is 25.0. The summed E-state index contributed by atoms with van der Waals surface area (Å²) in [5.41, 5.74) is 1.34. The molecule has 6 heteroatoms. The molecule has 0 saturated carbocycles. The average molecular weight is 330 g/mol. The lowest BCUT2D eigenvalue weighted by Crippen LogP contribution is -2.38. The summed E-state index contributed by atoms with van der Waals surface area (Å²) >= 11 is 0.956. The first-order chi connectivity index (χ1) is 11.1. The molecule has 5 nitrogen and oxygen atoms in total. The van der Waals surface area contributed by atoms with Crippen molar-refractivity contribution in [3.63, 3.8) is 0 Å². The van der Waals surface area contributed by atoms with Crippen LogP contribution in [0, 0.1) is 16.0 Å². The van der Waals surface area contributed by atoms with Crippen molar-refractivity contribution in [3.8, 4) is 0 Å². The number of thiophene rings is 1. The number of carbonyl (C=O) groups excluding carboxylic acids is 1. The third-order valence-corrected chi connectivity index (χ3v) is 5.28. The highest BCUT2D eigenvalue weighted by atomic mass is 32.1. The predicted molar refractivity (Wildman–Crippen MR) is 89.7 cm³/mol. The van der Waals surface area contributed by atoms with Gasteiger partial charge in [0.2, 0.25) is 0 Å². The van der Waals surface area contributed by atoms with Gasteiger partial charge in [-0.15, -0.1) is 0 Å². The van der Waals surface area contributed by atoms with Crippen LogP contribution < -0.4 is 0 Å². The number of nitrogens with zero attached hydrogens (tertiary/aromatic N) is 2.